The maximum atomic E-state index is 12.6. The Hall–Kier alpha value is -1.11. The van der Waals surface area contributed by atoms with E-state index in [1.165, 1.54) is 12.0 Å². The number of ether oxygens (including phenoxy) is 2. The molecule has 5 nitrogen and oxygen atoms in total. The van der Waals surface area contributed by atoms with Crippen molar-refractivity contribution in [2.24, 2.45) is 0 Å². The monoisotopic (exact) mass is 361 g/mol. The molecule has 7 heteroatoms. The average Bonchev–Trinajstić information content (AvgIpc) is 2.48. The van der Waals surface area contributed by atoms with Gasteiger partial charge in [-0.2, -0.15) is 0 Å². The highest BCUT2D eigenvalue weighted by Crippen LogP contribution is 2.27. The van der Waals surface area contributed by atoms with Crippen molar-refractivity contribution >= 4 is 39.4 Å². The van der Waals surface area contributed by atoms with Gasteiger partial charge in [0.25, 0.3) is 5.91 Å². The first-order chi connectivity index (χ1) is 9.56. The molecule has 20 heavy (non-hydrogen) atoms. The van der Waals surface area contributed by atoms with E-state index in [0.29, 0.717) is 28.2 Å². The topological polar surface area (TPSA) is 55.8 Å². The molecule has 1 unspecified atom stereocenters. The maximum Gasteiger partial charge on any atom is 0.331 e. The van der Waals surface area contributed by atoms with Crippen LogP contribution in [0.5, 0.6) is 0 Å². The van der Waals surface area contributed by atoms with Gasteiger partial charge in [-0.15, -0.1) is 0 Å². The summed E-state index contributed by atoms with van der Waals surface area (Å²) in [5, 5.41) is 0.326. The van der Waals surface area contributed by atoms with Crippen molar-refractivity contribution in [2.75, 3.05) is 26.9 Å². The molecular formula is C13H13BrClNO4. The summed E-state index contributed by atoms with van der Waals surface area (Å²) in [5.74, 6) is -0.806. The zero-order valence-electron chi connectivity index (χ0n) is 10.8. The molecule has 1 aliphatic heterocycles. The Morgan fingerprint density at radius 3 is 2.95 bits per heavy atom. The minimum atomic E-state index is -0.740. The molecule has 0 radical (unpaired) electrons. The lowest BCUT2D eigenvalue weighted by Crippen LogP contribution is -2.53. The Labute approximate surface area is 129 Å². The first-order valence-electron chi connectivity index (χ1n) is 5.96. The first kappa shape index (κ1) is 15.3. The number of carbonyl (C=O) groups excluding carboxylic acids is 2. The lowest BCUT2D eigenvalue weighted by molar-refractivity contribution is -0.151. The molecule has 108 valence electrons. The number of rotatable bonds is 2. The summed E-state index contributed by atoms with van der Waals surface area (Å²) >= 11 is 9.40. The van der Waals surface area contributed by atoms with E-state index in [1.807, 2.05) is 0 Å². The van der Waals surface area contributed by atoms with Gasteiger partial charge >= 0.3 is 5.97 Å². The molecule has 1 fully saturated rings. The fourth-order valence-corrected chi connectivity index (χ4v) is 2.57. The van der Waals surface area contributed by atoms with E-state index in [0.717, 1.165) is 0 Å². The molecule has 1 amide bonds. The lowest BCUT2D eigenvalue weighted by atomic mass is 10.1. The van der Waals surface area contributed by atoms with Crippen LogP contribution in [0.3, 0.4) is 0 Å². The van der Waals surface area contributed by atoms with Crippen LogP contribution in [0.15, 0.2) is 22.7 Å². The summed E-state index contributed by atoms with van der Waals surface area (Å²) in [5.41, 5.74) is 0.344. The predicted octanol–water partition coefficient (Wildman–Crippen LogP) is 2.12. The first-order valence-corrected chi connectivity index (χ1v) is 7.14. The lowest BCUT2D eigenvalue weighted by Gasteiger charge is -2.33. The van der Waals surface area contributed by atoms with Gasteiger partial charge in [0.2, 0.25) is 0 Å². The van der Waals surface area contributed by atoms with Crippen LogP contribution in [0, 0.1) is 0 Å². The molecule has 1 atom stereocenters. The van der Waals surface area contributed by atoms with E-state index < -0.39 is 12.0 Å². The number of morpholine rings is 1. The van der Waals surface area contributed by atoms with Crippen molar-refractivity contribution in [3.05, 3.63) is 33.3 Å². The van der Waals surface area contributed by atoms with Gasteiger partial charge in [-0.3, -0.25) is 4.79 Å². The van der Waals surface area contributed by atoms with E-state index in [-0.39, 0.29) is 12.5 Å². The molecule has 2 rings (SSSR count). The van der Waals surface area contributed by atoms with E-state index >= 15 is 0 Å². The number of carbonyl (C=O) groups is 2. The molecule has 0 aromatic heterocycles. The van der Waals surface area contributed by atoms with Crippen LogP contribution < -0.4 is 0 Å². The molecular weight excluding hydrogens is 350 g/mol. The molecule has 0 aliphatic carbocycles. The predicted molar refractivity (Wildman–Crippen MR) is 76.8 cm³/mol. The Kier molecular flexibility index (Phi) is 5.01. The zero-order chi connectivity index (χ0) is 14.7. The average molecular weight is 363 g/mol. The number of nitrogens with zero attached hydrogens (tertiary/aromatic N) is 1. The highest BCUT2D eigenvalue weighted by molar-refractivity contribution is 9.10. The highest BCUT2D eigenvalue weighted by Gasteiger charge is 2.34. The van der Waals surface area contributed by atoms with Crippen LogP contribution in [0.25, 0.3) is 0 Å². The van der Waals surface area contributed by atoms with Crippen molar-refractivity contribution < 1.29 is 19.1 Å². The third-order valence-electron chi connectivity index (χ3n) is 3.04. The largest absolute Gasteiger partial charge is 0.467 e. The van der Waals surface area contributed by atoms with Crippen LogP contribution in [-0.2, 0) is 14.3 Å². The van der Waals surface area contributed by atoms with Gasteiger partial charge in [-0.1, -0.05) is 17.7 Å². The number of hydrogen-bond donors (Lipinski definition) is 0. The van der Waals surface area contributed by atoms with Gasteiger partial charge < -0.3 is 14.4 Å². The standard InChI is InChI=1S/C13H13BrClNO4/c1-19-13(18)10-7-20-6-5-16(10)12(17)8-3-2-4-9(14)11(8)15/h2-4,10H,5-7H2,1H3. The maximum absolute atomic E-state index is 12.6. The van der Waals surface area contributed by atoms with Crippen LogP contribution >= 0.6 is 27.5 Å². The van der Waals surface area contributed by atoms with Gasteiger partial charge in [0.15, 0.2) is 6.04 Å². The van der Waals surface area contributed by atoms with E-state index in [9.17, 15) is 9.59 Å². The smallest absolute Gasteiger partial charge is 0.331 e. The third kappa shape index (κ3) is 2.97. The summed E-state index contributed by atoms with van der Waals surface area (Å²) < 4.78 is 10.6. The number of benzene rings is 1. The normalized spacial score (nSPS) is 18.8. The molecule has 0 bridgehead atoms. The van der Waals surface area contributed by atoms with Crippen molar-refractivity contribution in [3.63, 3.8) is 0 Å². The van der Waals surface area contributed by atoms with Crippen molar-refractivity contribution in [3.8, 4) is 0 Å². The van der Waals surface area contributed by atoms with E-state index in [2.05, 4.69) is 15.9 Å². The van der Waals surface area contributed by atoms with Gasteiger partial charge in [0, 0.05) is 11.0 Å². The van der Waals surface area contributed by atoms with Gasteiger partial charge in [-0.05, 0) is 28.1 Å². The minimum absolute atomic E-state index is 0.129. The van der Waals surface area contributed by atoms with Crippen LogP contribution in [0.4, 0.5) is 0 Å². The number of methoxy groups -OCH3 is 1. The Bertz CT molecular complexity index is 537. The van der Waals surface area contributed by atoms with Crippen molar-refractivity contribution in [1.82, 2.24) is 4.90 Å². The molecule has 0 N–H and O–H groups in total. The van der Waals surface area contributed by atoms with E-state index in [1.54, 1.807) is 18.2 Å². The molecule has 0 spiro atoms. The molecule has 1 aromatic carbocycles. The molecule has 1 aliphatic rings. The summed E-state index contributed by atoms with van der Waals surface area (Å²) in [7, 11) is 1.28. The minimum Gasteiger partial charge on any atom is -0.467 e. The van der Waals surface area contributed by atoms with Crippen LogP contribution in [0.2, 0.25) is 5.02 Å². The SMILES string of the molecule is COC(=O)C1COCCN1C(=O)c1cccc(Br)c1Cl. The molecule has 1 aromatic rings. The van der Waals surface area contributed by atoms with Crippen molar-refractivity contribution in [2.45, 2.75) is 6.04 Å². The van der Waals surface area contributed by atoms with E-state index in [4.69, 9.17) is 21.1 Å². The number of hydrogen-bond acceptors (Lipinski definition) is 4. The Morgan fingerprint density at radius 2 is 2.25 bits per heavy atom. The summed E-state index contributed by atoms with van der Waals surface area (Å²) in [6.07, 6.45) is 0. The highest BCUT2D eigenvalue weighted by atomic mass is 79.9. The molecule has 1 saturated heterocycles. The number of esters is 1. The second-order valence-corrected chi connectivity index (χ2v) is 5.45. The van der Waals surface area contributed by atoms with Crippen LogP contribution in [-0.4, -0.2) is 49.7 Å². The van der Waals surface area contributed by atoms with Gasteiger partial charge in [0.1, 0.15) is 0 Å². The Morgan fingerprint density at radius 1 is 1.50 bits per heavy atom. The molecule has 0 saturated carbocycles. The number of halogens is 2. The van der Waals surface area contributed by atoms with Crippen LogP contribution in [0.1, 0.15) is 10.4 Å². The third-order valence-corrected chi connectivity index (χ3v) is 4.34. The summed E-state index contributed by atoms with van der Waals surface area (Å²) in [4.78, 5) is 25.7. The quantitative estimate of drug-likeness (QED) is 0.756. The number of amides is 1. The van der Waals surface area contributed by atoms with Gasteiger partial charge in [-0.25, -0.2) is 4.79 Å². The fourth-order valence-electron chi connectivity index (χ4n) is 2.00. The van der Waals surface area contributed by atoms with Crippen molar-refractivity contribution in [1.29, 1.82) is 0 Å². The summed E-state index contributed by atoms with van der Waals surface area (Å²) in [6.45, 7) is 0.830. The van der Waals surface area contributed by atoms with Gasteiger partial charge in [0.05, 0.1) is 30.9 Å². The fraction of sp³-hybridized carbons (Fsp3) is 0.385. The summed E-state index contributed by atoms with van der Waals surface area (Å²) in [6, 6.07) is 4.35. The molecule has 1 heterocycles. The second-order valence-electron chi connectivity index (χ2n) is 4.21. The second kappa shape index (κ2) is 6.56. The zero-order valence-corrected chi connectivity index (χ0v) is 13.1. The Balaban J connectivity index is 2.30.